The van der Waals surface area contributed by atoms with Crippen LogP contribution in [0.25, 0.3) is 16.9 Å². The number of phenols is 1. The van der Waals surface area contributed by atoms with Gasteiger partial charge >= 0.3 is 0 Å². The van der Waals surface area contributed by atoms with Gasteiger partial charge in [-0.3, -0.25) is 4.57 Å². The largest absolute Gasteiger partial charge is 0.508 e. The molecule has 0 aliphatic carbocycles. The predicted molar refractivity (Wildman–Crippen MR) is 80.7 cm³/mol. The summed E-state index contributed by atoms with van der Waals surface area (Å²) in [6, 6.07) is 11.0. The summed E-state index contributed by atoms with van der Waals surface area (Å²) in [7, 11) is 1.69. The fourth-order valence-corrected chi connectivity index (χ4v) is 2.41. The third-order valence-electron chi connectivity index (χ3n) is 3.32. The number of methoxy groups -OCH3 is 1. The molecule has 0 aliphatic heterocycles. The van der Waals surface area contributed by atoms with E-state index in [0.717, 1.165) is 35.5 Å². The second kappa shape index (κ2) is 5.93. The summed E-state index contributed by atoms with van der Waals surface area (Å²) in [6.07, 6.45) is 3.43. The van der Waals surface area contributed by atoms with Gasteiger partial charge in [-0.1, -0.05) is 6.07 Å². The lowest BCUT2D eigenvalue weighted by molar-refractivity contribution is 0.194. The van der Waals surface area contributed by atoms with Crippen molar-refractivity contribution in [1.82, 2.24) is 14.5 Å². The first-order valence-electron chi connectivity index (χ1n) is 6.90. The zero-order valence-electron chi connectivity index (χ0n) is 11.9. The molecule has 5 nitrogen and oxygen atoms in total. The zero-order chi connectivity index (χ0) is 14.7. The molecule has 0 atom stereocenters. The molecule has 3 aromatic rings. The van der Waals surface area contributed by atoms with Gasteiger partial charge in [0.05, 0.1) is 5.69 Å². The van der Waals surface area contributed by atoms with Crippen molar-refractivity contribution in [2.45, 2.75) is 12.8 Å². The maximum atomic E-state index is 9.71. The summed E-state index contributed by atoms with van der Waals surface area (Å²) in [5.41, 5.74) is 2.52. The Labute approximate surface area is 122 Å². The number of phenolic OH excluding ortho intramolecular Hbond substituents is 1. The third-order valence-corrected chi connectivity index (χ3v) is 3.32. The smallest absolute Gasteiger partial charge is 0.164 e. The van der Waals surface area contributed by atoms with E-state index in [4.69, 9.17) is 4.74 Å². The first kappa shape index (κ1) is 13.6. The quantitative estimate of drug-likeness (QED) is 0.731. The number of hydrogen-bond donors (Lipinski definition) is 1. The van der Waals surface area contributed by atoms with Crippen molar-refractivity contribution in [3.05, 3.63) is 48.4 Å². The lowest BCUT2D eigenvalue weighted by atomic mass is 10.2. The summed E-state index contributed by atoms with van der Waals surface area (Å²) in [5.74, 6) is 1.15. The predicted octanol–water partition coefficient (Wildman–Crippen LogP) is 2.71. The van der Waals surface area contributed by atoms with Crippen LogP contribution in [-0.2, 0) is 11.2 Å². The number of pyridine rings is 1. The van der Waals surface area contributed by atoms with Crippen LogP contribution >= 0.6 is 0 Å². The Hall–Kier alpha value is -2.40. The number of aryl methyl sites for hydroxylation is 1. The average molecular weight is 283 g/mol. The standard InChI is InChI=1S/C16H17N3O2/c1-21-10-4-8-15-18-14-7-3-9-17-16(14)19(15)12-5-2-6-13(20)11-12/h2-3,5-7,9,11,20H,4,8,10H2,1H3. The molecule has 0 saturated heterocycles. The minimum Gasteiger partial charge on any atom is -0.508 e. The summed E-state index contributed by atoms with van der Waals surface area (Å²) < 4.78 is 7.10. The molecule has 2 heterocycles. The summed E-state index contributed by atoms with van der Waals surface area (Å²) in [5, 5.41) is 9.71. The Kier molecular flexibility index (Phi) is 3.83. The number of hydrogen-bond acceptors (Lipinski definition) is 4. The van der Waals surface area contributed by atoms with Crippen molar-refractivity contribution >= 4 is 11.2 Å². The van der Waals surface area contributed by atoms with Gasteiger partial charge in [0.2, 0.25) is 0 Å². The Morgan fingerprint density at radius 1 is 1.24 bits per heavy atom. The summed E-state index contributed by atoms with van der Waals surface area (Å²) >= 11 is 0. The molecule has 108 valence electrons. The minimum absolute atomic E-state index is 0.230. The number of aromatic hydroxyl groups is 1. The molecule has 0 spiro atoms. The van der Waals surface area contributed by atoms with Gasteiger partial charge in [0.1, 0.15) is 17.1 Å². The van der Waals surface area contributed by atoms with Crippen molar-refractivity contribution in [2.75, 3.05) is 13.7 Å². The Balaban J connectivity index is 2.11. The van der Waals surface area contributed by atoms with Gasteiger partial charge in [-0.25, -0.2) is 9.97 Å². The van der Waals surface area contributed by atoms with E-state index in [1.54, 1.807) is 25.4 Å². The van der Waals surface area contributed by atoms with Crippen LogP contribution in [0.4, 0.5) is 0 Å². The van der Waals surface area contributed by atoms with E-state index in [2.05, 4.69) is 9.97 Å². The second-order valence-corrected chi connectivity index (χ2v) is 4.83. The van der Waals surface area contributed by atoms with Crippen LogP contribution < -0.4 is 0 Å². The van der Waals surface area contributed by atoms with Crippen molar-refractivity contribution in [3.63, 3.8) is 0 Å². The van der Waals surface area contributed by atoms with Gasteiger partial charge in [-0.2, -0.15) is 0 Å². The van der Waals surface area contributed by atoms with Crippen molar-refractivity contribution in [2.24, 2.45) is 0 Å². The second-order valence-electron chi connectivity index (χ2n) is 4.83. The van der Waals surface area contributed by atoms with Crippen molar-refractivity contribution in [3.8, 4) is 11.4 Å². The fraction of sp³-hybridized carbons (Fsp3) is 0.250. The number of benzene rings is 1. The summed E-state index contributed by atoms with van der Waals surface area (Å²) in [6.45, 7) is 0.691. The van der Waals surface area contributed by atoms with Gasteiger partial charge in [0, 0.05) is 32.4 Å². The van der Waals surface area contributed by atoms with E-state index in [1.165, 1.54) is 0 Å². The van der Waals surface area contributed by atoms with Crippen LogP contribution in [0.1, 0.15) is 12.2 Å². The number of rotatable bonds is 5. The van der Waals surface area contributed by atoms with Crippen molar-refractivity contribution < 1.29 is 9.84 Å². The summed E-state index contributed by atoms with van der Waals surface area (Å²) in [4.78, 5) is 9.08. The number of fused-ring (bicyclic) bond motifs is 1. The molecular formula is C16H17N3O2. The molecule has 21 heavy (non-hydrogen) atoms. The van der Waals surface area contributed by atoms with Crippen LogP contribution in [0.5, 0.6) is 5.75 Å². The van der Waals surface area contributed by atoms with Crippen LogP contribution in [-0.4, -0.2) is 33.4 Å². The first-order chi connectivity index (χ1) is 10.3. The van der Waals surface area contributed by atoms with Gasteiger partial charge < -0.3 is 9.84 Å². The lowest BCUT2D eigenvalue weighted by Crippen LogP contribution is -2.03. The van der Waals surface area contributed by atoms with E-state index >= 15 is 0 Å². The molecule has 0 amide bonds. The highest BCUT2D eigenvalue weighted by molar-refractivity contribution is 5.74. The third kappa shape index (κ3) is 2.73. The normalized spacial score (nSPS) is 11.1. The van der Waals surface area contributed by atoms with Crippen LogP contribution in [0.3, 0.4) is 0 Å². The van der Waals surface area contributed by atoms with Gasteiger partial charge in [0.25, 0.3) is 0 Å². The number of aromatic nitrogens is 3. The fourth-order valence-electron chi connectivity index (χ4n) is 2.41. The number of nitrogens with zero attached hydrogens (tertiary/aromatic N) is 3. The molecular weight excluding hydrogens is 266 g/mol. The van der Waals surface area contributed by atoms with Gasteiger partial charge in [-0.05, 0) is 30.7 Å². The highest BCUT2D eigenvalue weighted by Gasteiger charge is 2.13. The molecule has 0 unspecified atom stereocenters. The first-order valence-corrected chi connectivity index (χ1v) is 6.90. The monoisotopic (exact) mass is 283 g/mol. The molecule has 3 rings (SSSR count). The SMILES string of the molecule is COCCCc1nc2cccnc2n1-c1cccc(O)c1. The molecule has 1 aromatic carbocycles. The van der Waals surface area contributed by atoms with E-state index in [9.17, 15) is 5.11 Å². The zero-order valence-corrected chi connectivity index (χ0v) is 11.9. The Morgan fingerprint density at radius 3 is 2.95 bits per heavy atom. The van der Waals surface area contributed by atoms with Crippen LogP contribution in [0.2, 0.25) is 0 Å². The molecule has 1 N–H and O–H groups in total. The van der Waals surface area contributed by atoms with Gasteiger partial charge in [-0.15, -0.1) is 0 Å². The number of imidazole rings is 1. The van der Waals surface area contributed by atoms with E-state index in [0.29, 0.717) is 6.61 Å². The minimum atomic E-state index is 0.230. The van der Waals surface area contributed by atoms with Gasteiger partial charge in [0.15, 0.2) is 5.65 Å². The molecule has 0 radical (unpaired) electrons. The van der Waals surface area contributed by atoms with Crippen molar-refractivity contribution in [1.29, 1.82) is 0 Å². The molecule has 5 heteroatoms. The maximum Gasteiger partial charge on any atom is 0.164 e. The number of ether oxygens (including phenoxy) is 1. The van der Waals surface area contributed by atoms with E-state index in [1.807, 2.05) is 28.8 Å². The lowest BCUT2D eigenvalue weighted by Gasteiger charge is -2.09. The van der Waals surface area contributed by atoms with E-state index < -0.39 is 0 Å². The molecule has 0 aliphatic rings. The topological polar surface area (TPSA) is 60.2 Å². The average Bonchev–Trinajstić information content (AvgIpc) is 2.86. The molecule has 0 saturated carbocycles. The molecule has 2 aromatic heterocycles. The van der Waals surface area contributed by atoms with E-state index in [-0.39, 0.29) is 5.75 Å². The molecule has 0 fully saturated rings. The maximum absolute atomic E-state index is 9.71. The van der Waals surface area contributed by atoms with Crippen LogP contribution in [0, 0.1) is 0 Å². The highest BCUT2D eigenvalue weighted by atomic mass is 16.5. The Morgan fingerprint density at radius 2 is 2.14 bits per heavy atom. The Bertz CT molecular complexity index is 752. The highest BCUT2D eigenvalue weighted by Crippen LogP contribution is 2.23. The van der Waals surface area contributed by atoms with Crippen LogP contribution in [0.15, 0.2) is 42.6 Å². The molecule has 0 bridgehead atoms.